The normalized spacial score (nSPS) is 40.4. The smallest absolute Gasteiger partial charge is 0.306 e. The topological polar surface area (TPSA) is 140 Å². The molecule has 0 aromatic rings. The molecule has 12 atom stereocenters. The highest BCUT2D eigenvalue weighted by Crippen LogP contribution is 2.68. The van der Waals surface area contributed by atoms with Crippen molar-refractivity contribution in [2.24, 2.45) is 58.0 Å². The molecule has 8 heteroatoms. The van der Waals surface area contributed by atoms with E-state index in [9.17, 15) is 20.1 Å². The fourth-order valence-electron chi connectivity index (χ4n) is 10.8. The van der Waals surface area contributed by atoms with Crippen LogP contribution in [0.2, 0.25) is 0 Å². The van der Waals surface area contributed by atoms with Gasteiger partial charge >= 0.3 is 5.97 Å². The van der Waals surface area contributed by atoms with Crippen molar-refractivity contribution in [1.29, 1.82) is 0 Å². The number of aliphatic hydroxyl groups is 2. The molecule has 0 radical (unpaired) electrons. The van der Waals surface area contributed by atoms with Crippen LogP contribution in [-0.2, 0) is 4.79 Å². The summed E-state index contributed by atoms with van der Waals surface area (Å²) in [5.41, 5.74) is 5.38. The molecule has 0 aromatic carbocycles. The van der Waals surface area contributed by atoms with Crippen LogP contribution in [0.4, 0.5) is 0 Å². The van der Waals surface area contributed by atoms with Gasteiger partial charge < -0.3 is 37.0 Å². The van der Waals surface area contributed by atoms with Crippen molar-refractivity contribution in [3.63, 3.8) is 0 Å². The second-order valence-electron chi connectivity index (χ2n) is 16.0. The van der Waals surface area contributed by atoms with Gasteiger partial charge in [-0.25, -0.2) is 0 Å². The zero-order valence-corrected chi connectivity index (χ0v) is 28.7. The maximum Gasteiger partial charge on any atom is 0.306 e. The molecule has 262 valence electrons. The Kier molecular flexibility index (Phi) is 12.4. The van der Waals surface area contributed by atoms with E-state index in [2.05, 4.69) is 36.7 Å². The Morgan fingerprint density at radius 1 is 0.911 bits per heavy atom. The van der Waals surface area contributed by atoms with Gasteiger partial charge in [0.15, 0.2) is 0 Å². The number of carbonyl (C=O) groups is 1. The number of aliphatic carboxylic acids is 1. The van der Waals surface area contributed by atoms with E-state index in [1.807, 2.05) is 0 Å². The number of hydrogen-bond acceptors (Lipinski definition) is 7. The van der Waals surface area contributed by atoms with E-state index < -0.39 is 24.8 Å². The van der Waals surface area contributed by atoms with E-state index in [0.717, 1.165) is 103 Å². The number of hydrogen-bond donors (Lipinski definition) is 7. The van der Waals surface area contributed by atoms with Crippen LogP contribution in [0.3, 0.4) is 0 Å². The zero-order chi connectivity index (χ0) is 35.1. The van der Waals surface area contributed by atoms with Gasteiger partial charge in [0.05, 0.1) is 18.1 Å². The van der Waals surface area contributed by atoms with Gasteiger partial charge in [-0.2, -0.15) is 0 Å². The summed E-state index contributed by atoms with van der Waals surface area (Å²) in [4.78, 5) is 11.6. The number of carboxylic acid groups (broad SMARTS) is 1. The SMILES string of the molecule is [2H]C([2H])([2H])C(CCC[C@@H](C)[C@H]1CCC2C3C(CC(O)[C@@]21C)[C@@]1(C)CC[C@H](NCCCNCCCCNCCCN)C[C@@H]1C[C@H]3O)C(=O)O. The second-order valence-corrected chi connectivity index (χ2v) is 16.0. The molecule has 0 aromatic heterocycles. The van der Waals surface area contributed by atoms with Gasteiger partial charge in [-0.05, 0) is 163 Å². The Morgan fingerprint density at radius 3 is 2.31 bits per heavy atom. The Bertz CT molecular complexity index is 1010. The Morgan fingerprint density at radius 2 is 1.62 bits per heavy atom. The fourth-order valence-corrected chi connectivity index (χ4v) is 10.8. The molecule has 0 heterocycles. The Hall–Kier alpha value is -0.770. The first-order valence-corrected chi connectivity index (χ1v) is 18.7. The fraction of sp³-hybridized carbons (Fsp3) is 0.973. The summed E-state index contributed by atoms with van der Waals surface area (Å²) in [6, 6.07) is 0.493. The first kappa shape index (κ1) is 32.8. The Labute approximate surface area is 279 Å². The minimum atomic E-state index is -2.49. The average molecular weight is 638 g/mol. The lowest BCUT2D eigenvalue weighted by molar-refractivity contribution is -0.202. The van der Waals surface area contributed by atoms with Gasteiger partial charge in [0.2, 0.25) is 0 Å². The minimum Gasteiger partial charge on any atom is -0.481 e. The van der Waals surface area contributed by atoms with Crippen LogP contribution in [0.5, 0.6) is 0 Å². The molecule has 8 nitrogen and oxygen atoms in total. The third kappa shape index (κ3) is 8.64. The molecule has 0 bridgehead atoms. The zero-order valence-electron chi connectivity index (χ0n) is 31.7. The molecular weight excluding hydrogens is 564 g/mol. The van der Waals surface area contributed by atoms with Crippen LogP contribution in [0.15, 0.2) is 0 Å². The van der Waals surface area contributed by atoms with Crippen molar-refractivity contribution in [2.75, 3.05) is 39.3 Å². The van der Waals surface area contributed by atoms with E-state index in [0.29, 0.717) is 24.3 Å². The number of carboxylic acids is 1. The lowest BCUT2D eigenvalue weighted by Crippen LogP contribution is -2.62. The minimum absolute atomic E-state index is 0.135. The summed E-state index contributed by atoms with van der Waals surface area (Å²) < 4.78 is 22.9. The molecule has 45 heavy (non-hydrogen) atoms. The first-order valence-electron chi connectivity index (χ1n) is 20.2. The number of nitrogens with two attached hydrogens (primary N) is 1. The number of rotatable bonds is 19. The van der Waals surface area contributed by atoms with Gasteiger partial charge in [-0.1, -0.05) is 40.5 Å². The lowest BCUT2D eigenvalue weighted by atomic mass is 9.43. The van der Waals surface area contributed by atoms with Crippen LogP contribution >= 0.6 is 0 Å². The molecule has 4 rings (SSSR count). The summed E-state index contributed by atoms with van der Waals surface area (Å²) in [6.45, 7) is 10.4. The van der Waals surface area contributed by atoms with Crippen molar-refractivity contribution in [3.8, 4) is 0 Å². The van der Waals surface area contributed by atoms with Crippen LogP contribution in [-0.4, -0.2) is 78.8 Å². The highest BCUT2D eigenvalue weighted by molar-refractivity contribution is 5.69. The maximum atomic E-state index is 12.0. The van der Waals surface area contributed by atoms with Crippen molar-refractivity contribution in [2.45, 2.75) is 136 Å². The van der Waals surface area contributed by atoms with Crippen molar-refractivity contribution < 1.29 is 24.2 Å². The predicted molar refractivity (Wildman–Crippen MR) is 183 cm³/mol. The highest BCUT2D eigenvalue weighted by Gasteiger charge is 2.65. The predicted octanol–water partition coefficient (Wildman–Crippen LogP) is 4.77. The van der Waals surface area contributed by atoms with E-state index in [-0.39, 0.29) is 47.0 Å². The average Bonchev–Trinajstić information content (AvgIpc) is 3.38. The summed E-state index contributed by atoms with van der Waals surface area (Å²) in [5.74, 6) is -0.764. The summed E-state index contributed by atoms with van der Waals surface area (Å²) in [7, 11) is 0. The molecule has 0 aliphatic heterocycles. The Balaban J connectivity index is 1.25. The number of aliphatic hydroxyl groups excluding tert-OH is 2. The van der Waals surface area contributed by atoms with E-state index in [1.54, 1.807) is 0 Å². The van der Waals surface area contributed by atoms with Gasteiger partial charge in [-0.3, -0.25) is 4.79 Å². The monoisotopic (exact) mass is 638 g/mol. The maximum absolute atomic E-state index is 12.0. The summed E-state index contributed by atoms with van der Waals surface area (Å²) in [6.07, 6.45) is 12.3. The van der Waals surface area contributed by atoms with Crippen molar-refractivity contribution in [3.05, 3.63) is 0 Å². The van der Waals surface area contributed by atoms with Crippen LogP contribution < -0.4 is 21.7 Å². The molecule has 0 saturated heterocycles. The molecule has 0 spiro atoms. The molecular formula is C37H70N4O4. The number of fused-ring (bicyclic) bond motifs is 5. The van der Waals surface area contributed by atoms with E-state index >= 15 is 0 Å². The van der Waals surface area contributed by atoms with Crippen LogP contribution in [0, 0.1) is 52.3 Å². The van der Waals surface area contributed by atoms with Crippen molar-refractivity contribution in [1.82, 2.24) is 16.0 Å². The standard InChI is InChI=1S/C37H70N4O4/c1-25(10-7-11-26(2)35(44)45)29-12-13-30-34-31(24-33(43)37(29,30)4)36(3)15-14-28(22-27(36)23-32(34)42)41-21-9-20-40-18-6-5-17-39-19-8-16-38/h25-34,39-43H,5-24,38H2,1-4H3,(H,44,45)/t25-,26?,27-,28+,29-,30?,31?,32-,33?,34?,36+,37-/m1/s1/i2D3. The second kappa shape index (κ2) is 17.1. The van der Waals surface area contributed by atoms with Crippen molar-refractivity contribution >= 4 is 5.97 Å². The van der Waals surface area contributed by atoms with Gasteiger partial charge in [0.25, 0.3) is 0 Å². The quantitative estimate of drug-likeness (QED) is 0.101. The van der Waals surface area contributed by atoms with Gasteiger partial charge in [0, 0.05) is 10.2 Å². The van der Waals surface area contributed by atoms with Crippen LogP contribution in [0.25, 0.3) is 0 Å². The number of unbranched alkanes of at least 4 members (excludes halogenated alkanes) is 1. The highest BCUT2D eigenvalue weighted by atomic mass is 16.4. The molecule has 4 fully saturated rings. The largest absolute Gasteiger partial charge is 0.481 e. The lowest BCUT2D eigenvalue weighted by Gasteiger charge is -2.63. The third-order valence-electron chi connectivity index (χ3n) is 13.5. The number of nitrogens with one attached hydrogen (secondary N) is 3. The third-order valence-corrected chi connectivity index (χ3v) is 13.5. The van der Waals surface area contributed by atoms with E-state index in [1.165, 1.54) is 12.8 Å². The first-order chi connectivity index (χ1) is 22.7. The summed E-state index contributed by atoms with van der Waals surface area (Å²) >= 11 is 0. The molecule has 4 saturated carbocycles. The molecule has 8 N–H and O–H groups in total. The molecule has 4 aliphatic rings. The van der Waals surface area contributed by atoms with Gasteiger partial charge in [-0.15, -0.1) is 0 Å². The molecule has 0 amide bonds. The van der Waals surface area contributed by atoms with E-state index in [4.69, 9.17) is 9.85 Å². The van der Waals surface area contributed by atoms with Gasteiger partial charge in [0.1, 0.15) is 0 Å². The van der Waals surface area contributed by atoms with Crippen LogP contribution in [0.1, 0.15) is 122 Å². The molecule has 4 aliphatic carbocycles. The molecule has 5 unspecified atom stereocenters. The summed E-state index contributed by atoms with van der Waals surface area (Å²) in [5, 5.41) is 44.1.